The van der Waals surface area contributed by atoms with Crippen LogP contribution in [0.4, 0.5) is 11.5 Å². The average Bonchev–Trinajstić information content (AvgIpc) is 2.07. The molecule has 0 bridgehead atoms. The Labute approximate surface area is 75.5 Å². The van der Waals surface area contributed by atoms with Crippen LogP contribution in [-0.2, 0) is 4.79 Å². The molecule has 1 amide bonds. The first-order valence-electron chi connectivity index (χ1n) is 3.71. The van der Waals surface area contributed by atoms with Crippen molar-refractivity contribution < 1.29 is 4.79 Å². The number of hydrazine groups is 1. The molecule has 0 unspecified atom stereocenters. The van der Waals surface area contributed by atoms with E-state index >= 15 is 0 Å². The Kier molecular flexibility index (Phi) is 2.63. The Balaban J connectivity index is 2.77. The van der Waals surface area contributed by atoms with Crippen LogP contribution in [0.5, 0.6) is 0 Å². The summed E-state index contributed by atoms with van der Waals surface area (Å²) in [4.78, 5) is 18.3. The number of aryl methyl sites for hydroxylation is 1. The van der Waals surface area contributed by atoms with Crippen LogP contribution < -0.4 is 16.6 Å². The first kappa shape index (κ1) is 9.24. The second-order valence-corrected chi connectivity index (χ2v) is 2.53. The van der Waals surface area contributed by atoms with Gasteiger partial charge in [-0.15, -0.1) is 0 Å². The molecule has 0 spiro atoms. The zero-order chi connectivity index (χ0) is 9.84. The van der Waals surface area contributed by atoms with Gasteiger partial charge in [-0.25, -0.2) is 9.97 Å². The molecule has 0 fully saturated rings. The van der Waals surface area contributed by atoms with Crippen molar-refractivity contribution in [2.45, 2.75) is 13.8 Å². The molecule has 1 aromatic rings. The van der Waals surface area contributed by atoms with Crippen molar-refractivity contribution in [1.29, 1.82) is 0 Å². The molecule has 0 aromatic carbocycles. The van der Waals surface area contributed by atoms with Crippen LogP contribution in [0.1, 0.15) is 12.6 Å². The fourth-order valence-corrected chi connectivity index (χ4v) is 0.730. The maximum atomic E-state index is 10.6. The Bertz CT molecular complexity index is 325. The summed E-state index contributed by atoms with van der Waals surface area (Å²) in [7, 11) is 0. The van der Waals surface area contributed by atoms with Crippen LogP contribution >= 0.6 is 0 Å². The summed E-state index contributed by atoms with van der Waals surface area (Å²) in [5.74, 6) is 0.193. The number of nitrogens with two attached hydrogens (primary N) is 1. The standard InChI is InChI=1S/C7H11N5O/c1-4-6(8)7(10-3-9-4)12-11-5(2)13/h3H,8H2,1-2H3,(H,11,13)(H,9,10,12). The first-order valence-corrected chi connectivity index (χ1v) is 3.71. The van der Waals surface area contributed by atoms with Crippen LogP contribution in [0.3, 0.4) is 0 Å². The molecule has 0 aliphatic rings. The molecular weight excluding hydrogens is 170 g/mol. The average molecular weight is 181 g/mol. The van der Waals surface area contributed by atoms with Crippen LogP contribution in [0.15, 0.2) is 6.33 Å². The monoisotopic (exact) mass is 181 g/mol. The van der Waals surface area contributed by atoms with Crippen LogP contribution in [0.25, 0.3) is 0 Å². The summed E-state index contributed by atoms with van der Waals surface area (Å²) in [6, 6.07) is 0. The second-order valence-electron chi connectivity index (χ2n) is 2.53. The Morgan fingerprint density at radius 3 is 2.85 bits per heavy atom. The van der Waals surface area contributed by atoms with E-state index in [0.717, 1.165) is 0 Å². The van der Waals surface area contributed by atoms with Gasteiger partial charge in [0.1, 0.15) is 6.33 Å². The normalized spacial score (nSPS) is 9.38. The minimum Gasteiger partial charge on any atom is -0.394 e. The summed E-state index contributed by atoms with van der Waals surface area (Å²) in [6.07, 6.45) is 1.37. The maximum absolute atomic E-state index is 10.6. The fraction of sp³-hybridized carbons (Fsp3) is 0.286. The van der Waals surface area contributed by atoms with Crippen molar-refractivity contribution in [2.24, 2.45) is 0 Å². The Hall–Kier alpha value is -1.85. The molecule has 1 aromatic heterocycles. The molecule has 1 rings (SSSR count). The summed E-state index contributed by atoms with van der Waals surface area (Å²) in [5, 5.41) is 0. The van der Waals surface area contributed by atoms with Gasteiger partial charge in [0.15, 0.2) is 5.82 Å². The van der Waals surface area contributed by atoms with E-state index in [9.17, 15) is 4.79 Å². The van der Waals surface area contributed by atoms with Crippen molar-refractivity contribution in [3.63, 3.8) is 0 Å². The molecular formula is C7H11N5O. The van der Waals surface area contributed by atoms with Gasteiger partial charge < -0.3 is 5.73 Å². The number of hydrogen-bond donors (Lipinski definition) is 3. The fourth-order valence-electron chi connectivity index (χ4n) is 0.730. The van der Waals surface area contributed by atoms with Gasteiger partial charge in [-0.1, -0.05) is 0 Å². The van der Waals surface area contributed by atoms with Crippen LogP contribution in [-0.4, -0.2) is 15.9 Å². The third kappa shape index (κ3) is 2.29. The minimum atomic E-state index is -0.212. The summed E-state index contributed by atoms with van der Waals surface area (Å²) in [5.41, 5.74) is 11.7. The van der Waals surface area contributed by atoms with E-state index in [-0.39, 0.29) is 5.91 Å². The van der Waals surface area contributed by atoms with Gasteiger partial charge in [-0.05, 0) is 6.92 Å². The SMILES string of the molecule is CC(=O)NNc1ncnc(C)c1N. The van der Waals surface area contributed by atoms with E-state index in [1.165, 1.54) is 13.3 Å². The van der Waals surface area contributed by atoms with Crippen molar-refractivity contribution in [1.82, 2.24) is 15.4 Å². The lowest BCUT2D eigenvalue weighted by Crippen LogP contribution is -2.27. The van der Waals surface area contributed by atoms with Crippen molar-refractivity contribution in [3.05, 3.63) is 12.0 Å². The number of carbonyl (C=O) groups is 1. The highest BCUT2D eigenvalue weighted by atomic mass is 16.2. The van der Waals surface area contributed by atoms with Gasteiger partial charge in [-0.2, -0.15) is 0 Å². The topological polar surface area (TPSA) is 92.9 Å². The largest absolute Gasteiger partial charge is 0.394 e. The summed E-state index contributed by atoms with van der Waals surface area (Å²) < 4.78 is 0. The number of nitrogens with zero attached hydrogens (tertiary/aromatic N) is 2. The highest BCUT2D eigenvalue weighted by molar-refractivity contribution is 5.75. The Morgan fingerprint density at radius 1 is 1.54 bits per heavy atom. The van der Waals surface area contributed by atoms with Crippen molar-refractivity contribution in [2.75, 3.05) is 11.2 Å². The third-order valence-electron chi connectivity index (χ3n) is 1.44. The van der Waals surface area contributed by atoms with E-state index in [1.807, 2.05) is 0 Å². The zero-order valence-electron chi connectivity index (χ0n) is 7.46. The molecule has 6 heteroatoms. The maximum Gasteiger partial charge on any atom is 0.235 e. The minimum absolute atomic E-state index is 0.212. The number of nitrogens with one attached hydrogen (secondary N) is 2. The molecule has 0 aliphatic heterocycles. The van der Waals surface area contributed by atoms with E-state index in [4.69, 9.17) is 5.73 Å². The molecule has 0 atom stereocenters. The molecule has 4 N–H and O–H groups in total. The lowest BCUT2D eigenvalue weighted by atomic mass is 10.3. The van der Waals surface area contributed by atoms with Gasteiger partial charge in [-0.3, -0.25) is 15.6 Å². The number of rotatable bonds is 2. The number of aromatic nitrogens is 2. The number of anilines is 2. The number of hydrogen-bond acceptors (Lipinski definition) is 5. The lowest BCUT2D eigenvalue weighted by Gasteiger charge is -2.08. The van der Waals surface area contributed by atoms with Gasteiger partial charge >= 0.3 is 0 Å². The predicted octanol–water partition coefficient (Wildman–Crippen LogP) is -0.170. The second kappa shape index (κ2) is 3.70. The highest BCUT2D eigenvalue weighted by Gasteiger charge is 2.03. The molecule has 0 saturated heterocycles. The number of carbonyl (C=O) groups excluding carboxylic acids is 1. The predicted molar refractivity (Wildman–Crippen MR) is 48.6 cm³/mol. The van der Waals surface area contributed by atoms with Gasteiger partial charge in [0.05, 0.1) is 11.4 Å². The van der Waals surface area contributed by atoms with Crippen LogP contribution in [0.2, 0.25) is 0 Å². The van der Waals surface area contributed by atoms with E-state index in [0.29, 0.717) is 17.2 Å². The van der Waals surface area contributed by atoms with Crippen molar-refractivity contribution in [3.8, 4) is 0 Å². The van der Waals surface area contributed by atoms with Gasteiger partial charge in [0.25, 0.3) is 0 Å². The third-order valence-corrected chi connectivity index (χ3v) is 1.44. The molecule has 70 valence electrons. The van der Waals surface area contributed by atoms with E-state index in [2.05, 4.69) is 20.8 Å². The molecule has 13 heavy (non-hydrogen) atoms. The number of nitrogen functional groups attached to an aromatic ring is 1. The van der Waals surface area contributed by atoms with E-state index in [1.54, 1.807) is 6.92 Å². The Morgan fingerprint density at radius 2 is 2.23 bits per heavy atom. The smallest absolute Gasteiger partial charge is 0.235 e. The first-order chi connectivity index (χ1) is 6.11. The van der Waals surface area contributed by atoms with Gasteiger partial charge in [0.2, 0.25) is 5.91 Å². The molecule has 0 aliphatic carbocycles. The quantitative estimate of drug-likeness (QED) is 0.551. The van der Waals surface area contributed by atoms with Gasteiger partial charge in [0, 0.05) is 6.92 Å². The van der Waals surface area contributed by atoms with Crippen molar-refractivity contribution >= 4 is 17.4 Å². The lowest BCUT2D eigenvalue weighted by molar-refractivity contribution is -0.118. The molecule has 0 saturated carbocycles. The summed E-state index contributed by atoms with van der Waals surface area (Å²) in [6.45, 7) is 3.15. The number of amides is 1. The zero-order valence-corrected chi connectivity index (χ0v) is 7.46. The van der Waals surface area contributed by atoms with E-state index < -0.39 is 0 Å². The van der Waals surface area contributed by atoms with Crippen LogP contribution in [0, 0.1) is 6.92 Å². The highest BCUT2D eigenvalue weighted by Crippen LogP contribution is 2.14. The molecule has 1 heterocycles. The molecule has 6 nitrogen and oxygen atoms in total. The summed E-state index contributed by atoms with van der Waals surface area (Å²) >= 11 is 0. The molecule has 0 radical (unpaired) electrons.